The van der Waals surface area contributed by atoms with Crippen molar-refractivity contribution in [2.24, 2.45) is 5.92 Å². The average molecular weight is 255 g/mol. The van der Waals surface area contributed by atoms with Crippen molar-refractivity contribution in [2.75, 3.05) is 13.7 Å². The smallest absolute Gasteiger partial charge is 0.129 e. The number of hydrogen-bond acceptors (Lipinski definition) is 2. The predicted molar refractivity (Wildman–Crippen MR) is 66.7 cm³/mol. The first kappa shape index (κ1) is 13.3. The molecule has 1 saturated carbocycles. The predicted octanol–water partition coefficient (Wildman–Crippen LogP) is 3.12. The monoisotopic (exact) mass is 255 g/mol. The lowest BCUT2D eigenvalue weighted by Crippen LogP contribution is -2.37. The Labute approximate surface area is 106 Å². The van der Waals surface area contributed by atoms with Crippen molar-refractivity contribution < 1.29 is 13.5 Å². The van der Waals surface area contributed by atoms with Gasteiger partial charge in [0.1, 0.15) is 24.0 Å². The molecule has 1 aromatic rings. The Morgan fingerprint density at radius 3 is 2.39 bits per heavy atom. The molecule has 0 aliphatic heterocycles. The van der Waals surface area contributed by atoms with E-state index in [-0.39, 0.29) is 11.8 Å². The number of rotatable bonds is 5. The molecule has 0 saturated heterocycles. The molecule has 0 amide bonds. The van der Waals surface area contributed by atoms with Crippen LogP contribution >= 0.6 is 0 Å². The Balaban J connectivity index is 1.92. The second kappa shape index (κ2) is 6.14. The molecule has 18 heavy (non-hydrogen) atoms. The summed E-state index contributed by atoms with van der Waals surface area (Å²) >= 11 is 0. The highest BCUT2D eigenvalue weighted by Gasteiger charge is 2.24. The Bertz CT molecular complexity index is 371. The van der Waals surface area contributed by atoms with E-state index in [9.17, 15) is 8.78 Å². The zero-order chi connectivity index (χ0) is 13.0. The second-order valence-corrected chi connectivity index (χ2v) is 4.86. The lowest BCUT2D eigenvalue weighted by atomic mass is 9.99. The molecular weight excluding hydrogens is 236 g/mol. The van der Waals surface area contributed by atoms with E-state index >= 15 is 0 Å². The zero-order valence-electron chi connectivity index (χ0n) is 10.6. The van der Waals surface area contributed by atoms with Crippen LogP contribution in [0.3, 0.4) is 0 Å². The summed E-state index contributed by atoms with van der Waals surface area (Å²) in [5, 5.41) is 3.23. The summed E-state index contributed by atoms with van der Waals surface area (Å²) in [6.45, 7) is 0.448. The number of benzene rings is 1. The molecule has 1 N–H and O–H groups in total. The second-order valence-electron chi connectivity index (χ2n) is 4.86. The summed E-state index contributed by atoms with van der Waals surface area (Å²) in [7, 11) is 1.90. The first-order valence-electron chi connectivity index (χ1n) is 6.45. The Morgan fingerprint density at radius 1 is 1.22 bits per heavy atom. The molecule has 1 atom stereocenters. The Morgan fingerprint density at radius 2 is 1.83 bits per heavy atom. The van der Waals surface area contributed by atoms with Crippen molar-refractivity contribution >= 4 is 0 Å². The maximum absolute atomic E-state index is 13.0. The molecule has 1 aromatic carbocycles. The van der Waals surface area contributed by atoms with Crippen molar-refractivity contribution in [3.05, 3.63) is 29.8 Å². The molecule has 100 valence electrons. The van der Waals surface area contributed by atoms with E-state index in [2.05, 4.69) is 5.32 Å². The number of likely N-dealkylation sites (N-methyl/N-ethyl adjacent to an activating group) is 1. The normalized spacial score (nSPS) is 17.9. The van der Waals surface area contributed by atoms with Crippen LogP contribution in [0.1, 0.15) is 25.7 Å². The van der Waals surface area contributed by atoms with Gasteiger partial charge in [-0.25, -0.2) is 8.78 Å². The van der Waals surface area contributed by atoms with Gasteiger partial charge in [0.2, 0.25) is 0 Å². The largest absolute Gasteiger partial charge is 0.492 e. The molecule has 1 unspecified atom stereocenters. The van der Waals surface area contributed by atoms with E-state index in [1.807, 2.05) is 7.05 Å². The van der Waals surface area contributed by atoms with Crippen LogP contribution in [0.15, 0.2) is 18.2 Å². The van der Waals surface area contributed by atoms with Gasteiger partial charge in [0, 0.05) is 24.2 Å². The zero-order valence-corrected chi connectivity index (χ0v) is 10.6. The summed E-state index contributed by atoms with van der Waals surface area (Å²) in [4.78, 5) is 0. The Kier molecular flexibility index (Phi) is 4.53. The SMILES string of the molecule is CNC(COc1cc(F)cc(F)c1)C1CCCC1. The quantitative estimate of drug-likeness (QED) is 0.872. The van der Waals surface area contributed by atoms with Gasteiger partial charge in [0.25, 0.3) is 0 Å². The van der Waals surface area contributed by atoms with Crippen molar-refractivity contribution in [1.29, 1.82) is 0 Å². The van der Waals surface area contributed by atoms with E-state index in [1.54, 1.807) is 0 Å². The van der Waals surface area contributed by atoms with E-state index in [1.165, 1.54) is 37.8 Å². The molecule has 0 bridgehead atoms. The maximum atomic E-state index is 13.0. The van der Waals surface area contributed by atoms with Crippen LogP contribution in [-0.4, -0.2) is 19.7 Å². The lowest BCUT2D eigenvalue weighted by molar-refractivity contribution is 0.223. The standard InChI is InChI=1S/C14H19F2NO/c1-17-14(10-4-2-3-5-10)9-18-13-7-11(15)6-12(16)8-13/h6-8,10,14,17H,2-5,9H2,1H3. The van der Waals surface area contributed by atoms with Crippen molar-refractivity contribution in [3.8, 4) is 5.75 Å². The number of ether oxygens (including phenoxy) is 1. The molecule has 0 heterocycles. The van der Waals surface area contributed by atoms with E-state index in [4.69, 9.17) is 4.74 Å². The fourth-order valence-electron chi connectivity index (χ4n) is 2.61. The molecule has 2 rings (SSSR count). The topological polar surface area (TPSA) is 21.3 Å². The van der Waals surface area contributed by atoms with Crippen molar-refractivity contribution in [1.82, 2.24) is 5.32 Å². The first-order valence-corrected chi connectivity index (χ1v) is 6.45. The van der Waals surface area contributed by atoms with Crippen LogP contribution in [0.4, 0.5) is 8.78 Å². The van der Waals surface area contributed by atoms with Crippen LogP contribution in [-0.2, 0) is 0 Å². The van der Waals surface area contributed by atoms with Crippen molar-refractivity contribution in [3.63, 3.8) is 0 Å². The maximum Gasteiger partial charge on any atom is 0.129 e. The van der Waals surface area contributed by atoms with Gasteiger partial charge in [0.05, 0.1) is 0 Å². The minimum absolute atomic E-state index is 0.249. The minimum atomic E-state index is -0.605. The van der Waals surface area contributed by atoms with Gasteiger partial charge >= 0.3 is 0 Å². The fourth-order valence-corrected chi connectivity index (χ4v) is 2.61. The van der Waals surface area contributed by atoms with Gasteiger partial charge in [-0.3, -0.25) is 0 Å². The summed E-state index contributed by atoms with van der Waals surface area (Å²) in [6, 6.07) is 3.52. The van der Waals surface area contributed by atoms with Crippen LogP contribution < -0.4 is 10.1 Å². The number of nitrogens with one attached hydrogen (secondary N) is 1. The van der Waals surface area contributed by atoms with Crippen LogP contribution in [0, 0.1) is 17.6 Å². The molecule has 0 aromatic heterocycles. The summed E-state index contributed by atoms with van der Waals surface area (Å²) in [5.74, 6) is -0.349. The highest BCUT2D eigenvalue weighted by molar-refractivity contribution is 5.23. The average Bonchev–Trinajstić information content (AvgIpc) is 2.82. The van der Waals surface area contributed by atoms with Crippen LogP contribution in [0.2, 0.25) is 0 Å². The third kappa shape index (κ3) is 3.42. The number of halogens is 2. The highest BCUT2D eigenvalue weighted by atomic mass is 19.1. The molecule has 4 heteroatoms. The third-order valence-corrected chi connectivity index (χ3v) is 3.61. The van der Waals surface area contributed by atoms with Gasteiger partial charge < -0.3 is 10.1 Å². The fraction of sp³-hybridized carbons (Fsp3) is 0.571. The van der Waals surface area contributed by atoms with Gasteiger partial charge in [-0.2, -0.15) is 0 Å². The van der Waals surface area contributed by atoms with E-state index < -0.39 is 11.6 Å². The molecule has 0 spiro atoms. The van der Waals surface area contributed by atoms with Crippen molar-refractivity contribution in [2.45, 2.75) is 31.7 Å². The lowest BCUT2D eigenvalue weighted by Gasteiger charge is -2.23. The van der Waals surface area contributed by atoms with Crippen LogP contribution in [0.25, 0.3) is 0 Å². The Hall–Kier alpha value is -1.16. The first-order chi connectivity index (χ1) is 8.69. The van der Waals surface area contributed by atoms with E-state index in [0.717, 1.165) is 6.07 Å². The minimum Gasteiger partial charge on any atom is -0.492 e. The molecular formula is C14H19F2NO. The molecule has 1 aliphatic rings. The van der Waals surface area contributed by atoms with Gasteiger partial charge in [-0.15, -0.1) is 0 Å². The van der Waals surface area contributed by atoms with Gasteiger partial charge in [-0.1, -0.05) is 12.8 Å². The third-order valence-electron chi connectivity index (χ3n) is 3.61. The molecule has 1 aliphatic carbocycles. The van der Waals surface area contributed by atoms with Crippen LogP contribution in [0.5, 0.6) is 5.75 Å². The van der Waals surface area contributed by atoms with Gasteiger partial charge in [0.15, 0.2) is 0 Å². The summed E-state index contributed by atoms with van der Waals surface area (Å²) in [6.07, 6.45) is 4.92. The highest BCUT2D eigenvalue weighted by Crippen LogP contribution is 2.28. The van der Waals surface area contributed by atoms with Gasteiger partial charge in [-0.05, 0) is 25.8 Å². The molecule has 2 nitrogen and oxygen atoms in total. The molecule has 1 fully saturated rings. The number of hydrogen-bond donors (Lipinski definition) is 1. The summed E-state index contributed by atoms with van der Waals surface area (Å²) in [5.41, 5.74) is 0. The summed E-state index contributed by atoms with van der Waals surface area (Å²) < 4.78 is 31.5. The van der Waals surface area contributed by atoms with E-state index in [0.29, 0.717) is 12.5 Å². The molecule has 0 radical (unpaired) electrons.